The summed E-state index contributed by atoms with van der Waals surface area (Å²) >= 11 is 3.36. The Morgan fingerprint density at radius 1 is 1.26 bits per heavy atom. The van der Waals surface area contributed by atoms with Gasteiger partial charge in [-0.3, -0.25) is 4.98 Å². The number of aromatic nitrogens is 1. The highest BCUT2D eigenvalue weighted by molar-refractivity contribution is 9.10. The van der Waals surface area contributed by atoms with Gasteiger partial charge in [0, 0.05) is 23.4 Å². The van der Waals surface area contributed by atoms with Crippen molar-refractivity contribution < 1.29 is 8.42 Å². The van der Waals surface area contributed by atoms with Gasteiger partial charge >= 0.3 is 0 Å². The van der Waals surface area contributed by atoms with Crippen LogP contribution < -0.4 is 10.5 Å². The molecule has 0 saturated heterocycles. The maximum absolute atomic E-state index is 12.1. The maximum Gasteiger partial charge on any atom is 0.244 e. The highest BCUT2D eigenvalue weighted by atomic mass is 79.9. The molecule has 0 bridgehead atoms. The van der Waals surface area contributed by atoms with Crippen LogP contribution in [-0.2, 0) is 16.6 Å². The number of rotatable bonds is 4. The topological polar surface area (TPSA) is 85.1 Å². The summed E-state index contributed by atoms with van der Waals surface area (Å²) < 4.78 is 27.5. The number of nitrogens with one attached hydrogen (secondary N) is 1. The van der Waals surface area contributed by atoms with Gasteiger partial charge in [-0.15, -0.1) is 0 Å². The van der Waals surface area contributed by atoms with Crippen LogP contribution in [-0.4, -0.2) is 13.4 Å². The monoisotopic (exact) mass is 341 g/mol. The van der Waals surface area contributed by atoms with E-state index in [-0.39, 0.29) is 17.1 Å². The molecular formula is C12H12BrN3O2S. The molecule has 0 saturated carbocycles. The van der Waals surface area contributed by atoms with Gasteiger partial charge in [-0.1, -0.05) is 34.1 Å². The summed E-state index contributed by atoms with van der Waals surface area (Å²) in [4.78, 5) is 3.76. The lowest BCUT2D eigenvalue weighted by Gasteiger charge is -2.09. The summed E-state index contributed by atoms with van der Waals surface area (Å²) in [6, 6.07) is 8.84. The third kappa shape index (κ3) is 3.31. The van der Waals surface area contributed by atoms with Crippen molar-refractivity contribution in [3.05, 3.63) is 52.8 Å². The second-order valence-corrected chi connectivity index (χ2v) is 6.42. The smallest absolute Gasteiger partial charge is 0.244 e. The van der Waals surface area contributed by atoms with Crippen molar-refractivity contribution >= 4 is 31.6 Å². The third-order valence-corrected chi connectivity index (χ3v) is 4.73. The van der Waals surface area contributed by atoms with Crippen LogP contribution >= 0.6 is 15.9 Å². The number of hydrogen-bond acceptors (Lipinski definition) is 4. The largest absolute Gasteiger partial charge is 0.398 e. The summed E-state index contributed by atoms with van der Waals surface area (Å²) in [7, 11) is -3.66. The van der Waals surface area contributed by atoms with Gasteiger partial charge in [0.05, 0.1) is 5.69 Å². The molecule has 0 aliphatic rings. The highest BCUT2D eigenvalue weighted by Crippen LogP contribution is 2.18. The number of nitrogens with zero attached hydrogens (tertiary/aromatic N) is 1. The molecule has 2 aromatic rings. The molecule has 5 nitrogen and oxygen atoms in total. The van der Waals surface area contributed by atoms with Gasteiger partial charge in [-0.05, 0) is 17.7 Å². The molecule has 0 amide bonds. The van der Waals surface area contributed by atoms with E-state index in [2.05, 4.69) is 25.6 Å². The summed E-state index contributed by atoms with van der Waals surface area (Å²) in [5, 5.41) is 0. The van der Waals surface area contributed by atoms with Crippen LogP contribution in [0.1, 0.15) is 5.56 Å². The molecule has 2 rings (SSSR count). The van der Waals surface area contributed by atoms with E-state index in [4.69, 9.17) is 5.73 Å². The van der Waals surface area contributed by atoms with E-state index < -0.39 is 10.0 Å². The number of nitrogen functional groups attached to an aromatic ring is 1. The number of pyridine rings is 1. The molecule has 1 heterocycles. The van der Waals surface area contributed by atoms with Crippen LogP contribution in [0.2, 0.25) is 0 Å². The predicted molar refractivity (Wildman–Crippen MR) is 76.8 cm³/mol. The molecule has 0 fully saturated rings. The molecule has 0 spiro atoms. The van der Waals surface area contributed by atoms with Crippen molar-refractivity contribution in [1.29, 1.82) is 0 Å². The molecule has 3 N–H and O–H groups in total. The van der Waals surface area contributed by atoms with Gasteiger partial charge in [-0.2, -0.15) is 0 Å². The number of nitrogens with two attached hydrogens (primary N) is 1. The van der Waals surface area contributed by atoms with Crippen LogP contribution in [0.15, 0.2) is 52.1 Å². The second kappa shape index (κ2) is 5.68. The van der Waals surface area contributed by atoms with Crippen molar-refractivity contribution in [3.8, 4) is 0 Å². The van der Waals surface area contributed by atoms with E-state index in [1.54, 1.807) is 0 Å². The normalized spacial score (nSPS) is 11.4. The van der Waals surface area contributed by atoms with Crippen molar-refractivity contribution in [3.63, 3.8) is 0 Å². The van der Waals surface area contributed by atoms with Crippen molar-refractivity contribution in [2.75, 3.05) is 5.73 Å². The van der Waals surface area contributed by atoms with E-state index in [9.17, 15) is 8.42 Å². The Morgan fingerprint density at radius 3 is 2.68 bits per heavy atom. The first-order valence-electron chi connectivity index (χ1n) is 5.43. The number of halogens is 1. The number of anilines is 1. The molecule has 19 heavy (non-hydrogen) atoms. The zero-order chi connectivity index (χ0) is 13.9. The minimum absolute atomic E-state index is 0.0120. The van der Waals surface area contributed by atoms with Crippen molar-refractivity contribution in [2.45, 2.75) is 11.4 Å². The lowest BCUT2D eigenvalue weighted by Crippen LogP contribution is -2.24. The van der Waals surface area contributed by atoms with E-state index in [0.717, 1.165) is 10.0 Å². The van der Waals surface area contributed by atoms with Gasteiger partial charge in [0.15, 0.2) is 0 Å². The molecule has 7 heteroatoms. The fraction of sp³-hybridized carbons (Fsp3) is 0.0833. The number of sulfonamides is 1. The Hall–Kier alpha value is -1.44. The van der Waals surface area contributed by atoms with Crippen LogP contribution in [0.3, 0.4) is 0 Å². The Labute approximate surface area is 120 Å². The van der Waals surface area contributed by atoms with Crippen LogP contribution in [0.4, 0.5) is 5.69 Å². The minimum atomic E-state index is -3.66. The Kier molecular flexibility index (Phi) is 4.18. The Morgan fingerprint density at radius 2 is 2.00 bits per heavy atom. The first-order valence-corrected chi connectivity index (χ1v) is 7.71. The van der Waals surface area contributed by atoms with Crippen LogP contribution in [0.5, 0.6) is 0 Å². The fourth-order valence-electron chi connectivity index (χ4n) is 1.51. The van der Waals surface area contributed by atoms with Crippen LogP contribution in [0, 0.1) is 0 Å². The molecule has 1 aromatic carbocycles. The van der Waals surface area contributed by atoms with Gasteiger partial charge < -0.3 is 5.73 Å². The first-order chi connectivity index (χ1) is 9.00. The van der Waals surface area contributed by atoms with Gasteiger partial charge in [-0.25, -0.2) is 13.1 Å². The second-order valence-electron chi connectivity index (χ2n) is 3.83. The van der Waals surface area contributed by atoms with Gasteiger partial charge in [0.25, 0.3) is 0 Å². The number of hydrogen-bond donors (Lipinski definition) is 2. The summed E-state index contributed by atoms with van der Waals surface area (Å²) in [5.74, 6) is 0. The average molecular weight is 342 g/mol. The molecule has 0 aliphatic heterocycles. The fourth-order valence-corrected chi connectivity index (χ4v) is 3.01. The zero-order valence-corrected chi connectivity index (χ0v) is 12.3. The molecule has 0 aliphatic carbocycles. The first kappa shape index (κ1) is 14.0. The molecule has 100 valence electrons. The van der Waals surface area contributed by atoms with E-state index in [1.165, 1.54) is 18.5 Å². The Balaban J connectivity index is 2.20. The average Bonchev–Trinajstić information content (AvgIpc) is 2.38. The lowest BCUT2D eigenvalue weighted by molar-refractivity contribution is 0.581. The standard InChI is InChI=1S/C12H12BrN3O2S/c13-10-4-2-1-3-9(10)7-16-19(17,18)12-8-15-6-5-11(12)14/h1-6,8,16H,7H2,(H2,14,15). The van der Waals surface area contributed by atoms with E-state index in [0.29, 0.717) is 0 Å². The maximum atomic E-state index is 12.1. The lowest BCUT2D eigenvalue weighted by atomic mass is 10.2. The SMILES string of the molecule is Nc1ccncc1S(=O)(=O)NCc1ccccc1Br. The quantitative estimate of drug-likeness (QED) is 0.889. The predicted octanol–water partition coefficient (Wildman–Crippen LogP) is 1.90. The zero-order valence-electron chi connectivity index (χ0n) is 9.88. The summed E-state index contributed by atoms with van der Waals surface area (Å²) in [6.45, 7) is 0.179. The minimum Gasteiger partial charge on any atom is -0.398 e. The van der Waals surface area contributed by atoms with Gasteiger partial charge in [0.2, 0.25) is 10.0 Å². The summed E-state index contributed by atoms with van der Waals surface area (Å²) in [6.07, 6.45) is 2.68. The molecule has 0 unspecified atom stereocenters. The summed E-state index contributed by atoms with van der Waals surface area (Å²) in [5.41, 5.74) is 6.65. The highest BCUT2D eigenvalue weighted by Gasteiger charge is 2.17. The van der Waals surface area contributed by atoms with E-state index >= 15 is 0 Å². The van der Waals surface area contributed by atoms with Gasteiger partial charge in [0.1, 0.15) is 4.90 Å². The molecular weight excluding hydrogens is 330 g/mol. The van der Waals surface area contributed by atoms with Crippen molar-refractivity contribution in [1.82, 2.24) is 9.71 Å². The van der Waals surface area contributed by atoms with E-state index in [1.807, 2.05) is 24.3 Å². The molecule has 0 radical (unpaired) electrons. The van der Waals surface area contributed by atoms with Crippen molar-refractivity contribution in [2.24, 2.45) is 0 Å². The van der Waals surface area contributed by atoms with Crippen LogP contribution in [0.25, 0.3) is 0 Å². The number of benzene rings is 1. The molecule has 0 atom stereocenters. The molecule has 1 aromatic heterocycles. The Bertz CT molecular complexity index is 689. The third-order valence-electron chi connectivity index (χ3n) is 2.52.